The molecule has 1 fully saturated rings. The molecule has 14 heavy (non-hydrogen) atoms. The second-order valence-electron chi connectivity index (χ2n) is 3.71. The number of carbonyl (C=O) groups excluding carboxylic acids is 2. The molecule has 4 heteroatoms. The second-order valence-corrected chi connectivity index (χ2v) is 3.71. The normalized spacial score (nSPS) is 22.3. The highest BCUT2D eigenvalue weighted by Crippen LogP contribution is 2.20. The molecule has 80 valence electrons. The highest BCUT2D eigenvalue weighted by molar-refractivity contribution is 5.80. The Hall–Kier alpha value is -1.06. The molecule has 0 aliphatic carbocycles. The van der Waals surface area contributed by atoms with E-state index in [0.29, 0.717) is 12.8 Å². The zero-order valence-corrected chi connectivity index (χ0v) is 8.88. The van der Waals surface area contributed by atoms with Gasteiger partial charge in [0.1, 0.15) is 0 Å². The van der Waals surface area contributed by atoms with Crippen LogP contribution in [0.1, 0.15) is 26.2 Å². The summed E-state index contributed by atoms with van der Waals surface area (Å²) in [6.45, 7) is 3.57. The summed E-state index contributed by atoms with van der Waals surface area (Å²) in [5.41, 5.74) is 0. The van der Waals surface area contributed by atoms with Crippen LogP contribution in [0.2, 0.25) is 0 Å². The van der Waals surface area contributed by atoms with Gasteiger partial charge in [0.15, 0.2) is 0 Å². The van der Waals surface area contributed by atoms with Crippen molar-refractivity contribution in [1.82, 2.24) is 10.2 Å². The van der Waals surface area contributed by atoms with Gasteiger partial charge in [-0.15, -0.1) is 0 Å². The molecular weight excluding hydrogens is 180 g/mol. The molecule has 0 aromatic rings. The van der Waals surface area contributed by atoms with Crippen molar-refractivity contribution in [3.8, 4) is 0 Å². The van der Waals surface area contributed by atoms with Crippen molar-refractivity contribution in [2.24, 2.45) is 5.92 Å². The summed E-state index contributed by atoms with van der Waals surface area (Å²) >= 11 is 0. The maximum absolute atomic E-state index is 11.5. The first-order valence-corrected chi connectivity index (χ1v) is 5.15. The van der Waals surface area contributed by atoms with Crippen LogP contribution in [-0.4, -0.2) is 36.9 Å². The van der Waals surface area contributed by atoms with Gasteiger partial charge in [-0.25, -0.2) is 0 Å². The molecular formula is C10H18N2O2. The van der Waals surface area contributed by atoms with Crippen LogP contribution in [0.5, 0.6) is 0 Å². The molecule has 1 unspecified atom stereocenters. The molecule has 0 aromatic heterocycles. The lowest BCUT2D eigenvalue weighted by molar-refractivity contribution is -0.135. The van der Waals surface area contributed by atoms with Gasteiger partial charge in [-0.05, 0) is 19.3 Å². The van der Waals surface area contributed by atoms with Crippen LogP contribution in [0, 0.1) is 5.92 Å². The molecule has 1 rings (SSSR count). The highest BCUT2D eigenvalue weighted by Gasteiger charge is 2.25. The average Bonchev–Trinajstić information content (AvgIpc) is 2.18. The Morgan fingerprint density at radius 1 is 1.64 bits per heavy atom. The molecule has 4 nitrogen and oxygen atoms in total. The number of likely N-dealkylation sites (tertiary alicyclic amines) is 1. The summed E-state index contributed by atoms with van der Waals surface area (Å²) in [6, 6.07) is 0. The van der Waals surface area contributed by atoms with Crippen molar-refractivity contribution in [2.45, 2.75) is 26.2 Å². The number of rotatable bonds is 3. The van der Waals surface area contributed by atoms with E-state index in [1.54, 1.807) is 7.05 Å². The van der Waals surface area contributed by atoms with Gasteiger partial charge < -0.3 is 10.2 Å². The summed E-state index contributed by atoms with van der Waals surface area (Å²) < 4.78 is 0. The zero-order valence-electron chi connectivity index (χ0n) is 8.88. The van der Waals surface area contributed by atoms with E-state index in [1.165, 1.54) is 0 Å². The van der Waals surface area contributed by atoms with Gasteiger partial charge in [0, 0.05) is 33.0 Å². The first-order valence-electron chi connectivity index (χ1n) is 5.15. The molecule has 2 amide bonds. The number of hydrogen-bond donors (Lipinski definition) is 1. The molecule has 1 N–H and O–H groups in total. The molecule has 0 saturated carbocycles. The molecule has 0 aromatic carbocycles. The fourth-order valence-electron chi connectivity index (χ4n) is 1.81. The van der Waals surface area contributed by atoms with E-state index in [4.69, 9.17) is 0 Å². The predicted molar refractivity (Wildman–Crippen MR) is 53.7 cm³/mol. The number of hydrogen-bond acceptors (Lipinski definition) is 2. The van der Waals surface area contributed by atoms with Gasteiger partial charge >= 0.3 is 0 Å². The molecule has 1 atom stereocenters. The Balaban J connectivity index is 2.39. The number of carbonyl (C=O) groups is 2. The Kier molecular flexibility index (Phi) is 3.92. The minimum Gasteiger partial charge on any atom is -0.359 e. The average molecular weight is 198 g/mol. The predicted octanol–water partition coefficient (Wildman–Crippen LogP) is 0.381. The first-order chi connectivity index (χ1) is 6.67. The van der Waals surface area contributed by atoms with Crippen LogP contribution in [0.15, 0.2) is 0 Å². The summed E-state index contributed by atoms with van der Waals surface area (Å²) in [4.78, 5) is 24.4. The largest absolute Gasteiger partial charge is 0.359 e. The van der Waals surface area contributed by atoms with Crippen LogP contribution < -0.4 is 5.32 Å². The summed E-state index contributed by atoms with van der Waals surface area (Å²) in [7, 11) is 1.63. The van der Waals surface area contributed by atoms with E-state index in [2.05, 4.69) is 5.32 Å². The van der Waals surface area contributed by atoms with Gasteiger partial charge in [0.05, 0.1) is 0 Å². The van der Waals surface area contributed by atoms with Gasteiger partial charge in [0.25, 0.3) is 0 Å². The molecule has 0 spiro atoms. The molecule has 0 bridgehead atoms. The minimum atomic E-state index is 0.0350. The van der Waals surface area contributed by atoms with Crippen molar-refractivity contribution in [3.63, 3.8) is 0 Å². The van der Waals surface area contributed by atoms with Crippen molar-refractivity contribution >= 4 is 11.8 Å². The summed E-state index contributed by atoms with van der Waals surface area (Å²) in [5, 5.41) is 2.59. The van der Waals surface area contributed by atoms with Gasteiger partial charge in [-0.1, -0.05) is 0 Å². The summed E-state index contributed by atoms with van der Waals surface area (Å²) in [6.07, 6.45) is 1.97. The maximum Gasteiger partial charge on any atom is 0.222 e. The standard InChI is InChI=1S/C10H18N2O2/c1-3-12-5-4-8(7-10(12)14)6-9(13)11-2/h8H,3-7H2,1-2H3,(H,11,13). The fourth-order valence-corrected chi connectivity index (χ4v) is 1.81. The lowest BCUT2D eigenvalue weighted by atomic mass is 9.93. The maximum atomic E-state index is 11.5. The van der Waals surface area contributed by atoms with E-state index in [9.17, 15) is 9.59 Å². The SMILES string of the molecule is CCN1CCC(CC(=O)NC)CC1=O. The third kappa shape index (κ3) is 2.72. The van der Waals surface area contributed by atoms with Gasteiger partial charge in [-0.2, -0.15) is 0 Å². The fraction of sp³-hybridized carbons (Fsp3) is 0.800. The van der Waals surface area contributed by atoms with E-state index >= 15 is 0 Å². The van der Waals surface area contributed by atoms with Gasteiger partial charge in [0.2, 0.25) is 11.8 Å². The topological polar surface area (TPSA) is 49.4 Å². The van der Waals surface area contributed by atoms with Gasteiger partial charge in [-0.3, -0.25) is 9.59 Å². The van der Waals surface area contributed by atoms with Crippen LogP contribution in [-0.2, 0) is 9.59 Å². The van der Waals surface area contributed by atoms with E-state index in [1.807, 2.05) is 11.8 Å². The number of nitrogens with zero attached hydrogens (tertiary/aromatic N) is 1. The Morgan fingerprint density at radius 3 is 2.86 bits per heavy atom. The van der Waals surface area contributed by atoms with Crippen LogP contribution in [0.4, 0.5) is 0 Å². The van der Waals surface area contributed by atoms with E-state index in [0.717, 1.165) is 19.5 Å². The Morgan fingerprint density at radius 2 is 2.36 bits per heavy atom. The first kappa shape index (κ1) is 11.0. The second kappa shape index (κ2) is 4.98. The van der Waals surface area contributed by atoms with E-state index in [-0.39, 0.29) is 17.7 Å². The van der Waals surface area contributed by atoms with Crippen molar-refractivity contribution in [1.29, 1.82) is 0 Å². The van der Waals surface area contributed by atoms with E-state index < -0.39 is 0 Å². The Bertz CT molecular complexity index is 228. The molecule has 1 heterocycles. The van der Waals surface area contributed by atoms with Crippen molar-refractivity contribution in [2.75, 3.05) is 20.1 Å². The molecule has 0 radical (unpaired) electrons. The molecule has 1 aliphatic rings. The summed E-state index contributed by atoms with van der Waals surface area (Å²) in [5.74, 6) is 0.464. The zero-order chi connectivity index (χ0) is 10.6. The lowest BCUT2D eigenvalue weighted by Crippen LogP contribution is -2.39. The number of piperidine rings is 1. The van der Waals surface area contributed by atoms with Crippen LogP contribution in [0.25, 0.3) is 0 Å². The lowest BCUT2D eigenvalue weighted by Gasteiger charge is -2.30. The number of nitrogens with one attached hydrogen (secondary N) is 1. The quantitative estimate of drug-likeness (QED) is 0.712. The minimum absolute atomic E-state index is 0.0350. The molecule has 1 saturated heterocycles. The van der Waals surface area contributed by atoms with Crippen LogP contribution >= 0.6 is 0 Å². The smallest absolute Gasteiger partial charge is 0.222 e. The van der Waals surface area contributed by atoms with Crippen molar-refractivity contribution in [3.05, 3.63) is 0 Å². The molecule has 1 aliphatic heterocycles. The van der Waals surface area contributed by atoms with Crippen LogP contribution in [0.3, 0.4) is 0 Å². The Labute approximate surface area is 84.7 Å². The monoisotopic (exact) mass is 198 g/mol. The van der Waals surface area contributed by atoms with Crippen molar-refractivity contribution < 1.29 is 9.59 Å². The third-order valence-electron chi connectivity index (χ3n) is 2.76. The number of amides is 2. The third-order valence-corrected chi connectivity index (χ3v) is 2.76. The highest BCUT2D eigenvalue weighted by atomic mass is 16.2.